The Kier molecular flexibility index (Phi) is 6.96. The molecule has 0 spiro atoms. The molecule has 1 fully saturated rings. The van der Waals surface area contributed by atoms with E-state index in [-0.39, 0.29) is 12.6 Å². The van der Waals surface area contributed by atoms with Crippen LogP contribution in [0.1, 0.15) is 26.2 Å². The van der Waals surface area contributed by atoms with Crippen LogP contribution in [0.15, 0.2) is 0 Å². The van der Waals surface area contributed by atoms with Crippen molar-refractivity contribution in [2.24, 2.45) is 0 Å². The number of aliphatic hydroxyl groups is 1. The summed E-state index contributed by atoms with van der Waals surface area (Å²) < 4.78 is 5.36. The van der Waals surface area contributed by atoms with Crippen LogP contribution in [0.25, 0.3) is 0 Å². The summed E-state index contributed by atoms with van der Waals surface area (Å²) in [5.41, 5.74) is 0. The molecule has 0 bridgehead atoms. The number of hydrogen-bond donors (Lipinski definition) is 2. The first-order valence-corrected chi connectivity index (χ1v) is 6.40. The number of nitrogens with one attached hydrogen (secondary N) is 1. The normalized spacial score (nSPS) is 20.2. The van der Waals surface area contributed by atoms with Crippen molar-refractivity contribution in [2.75, 3.05) is 40.0 Å². The second kappa shape index (κ2) is 8.01. The lowest BCUT2D eigenvalue weighted by Crippen LogP contribution is -2.41. The minimum absolute atomic E-state index is 0.232. The fourth-order valence-corrected chi connectivity index (χ4v) is 2.21. The Bertz CT molecular complexity index is 172. The first-order valence-electron chi connectivity index (χ1n) is 6.40. The molecule has 2 N–H and O–H groups in total. The molecule has 1 unspecified atom stereocenters. The van der Waals surface area contributed by atoms with Crippen LogP contribution >= 0.6 is 0 Å². The van der Waals surface area contributed by atoms with Gasteiger partial charge in [-0.1, -0.05) is 6.92 Å². The first kappa shape index (κ1) is 13.9. The van der Waals surface area contributed by atoms with E-state index in [0.29, 0.717) is 6.04 Å². The van der Waals surface area contributed by atoms with E-state index in [4.69, 9.17) is 4.74 Å². The van der Waals surface area contributed by atoms with E-state index >= 15 is 0 Å². The smallest absolute Gasteiger partial charge is 0.0585 e. The summed E-state index contributed by atoms with van der Waals surface area (Å²) in [5, 5.41) is 12.5. The zero-order valence-corrected chi connectivity index (χ0v) is 10.6. The summed E-state index contributed by atoms with van der Waals surface area (Å²) >= 11 is 0. The van der Waals surface area contributed by atoms with Gasteiger partial charge in [0.1, 0.15) is 0 Å². The van der Waals surface area contributed by atoms with Crippen molar-refractivity contribution in [3.63, 3.8) is 0 Å². The maximum atomic E-state index is 9.18. The zero-order chi connectivity index (χ0) is 11.8. The van der Waals surface area contributed by atoms with E-state index in [2.05, 4.69) is 24.2 Å². The monoisotopic (exact) mass is 230 g/mol. The molecule has 16 heavy (non-hydrogen) atoms. The Morgan fingerprint density at radius 3 is 2.69 bits per heavy atom. The molecule has 0 aromatic heterocycles. The maximum Gasteiger partial charge on any atom is 0.0585 e. The molecule has 0 radical (unpaired) electrons. The minimum atomic E-state index is 0.232. The lowest BCUT2D eigenvalue weighted by Gasteiger charge is -2.32. The van der Waals surface area contributed by atoms with E-state index in [1.165, 1.54) is 0 Å². The van der Waals surface area contributed by atoms with Crippen LogP contribution < -0.4 is 5.32 Å². The summed E-state index contributed by atoms with van der Waals surface area (Å²) in [6.07, 6.45) is 3.29. The molecule has 1 rings (SSSR count). The van der Waals surface area contributed by atoms with Crippen LogP contribution in [0.2, 0.25) is 0 Å². The molecule has 0 aliphatic carbocycles. The van der Waals surface area contributed by atoms with Gasteiger partial charge in [-0.15, -0.1) is 0 Å². The van der Waals surface area contributed by atoms with Gasteiger partial charge in [0.25, 0.3) is 0 Å². The summed E-state index contributed by atoms with van der Waals surface area (Å²) in [6.45, 7) is 6.06. The standard InChI is InChI=1S/C12H26N2O2/c1-3-13-11(10-15)4-7-14(2)12-5-8-16-9-6-12/h11-13,15H,3-10H2,1-2H3. The molecule has 1 heterocycles. The SMILES string of the molecule is CCNC(CO)CCN(C)C1CCOCC1. The highest BCUT2D eigenvalue weighted by Gasteiger charge is 2.18. The number of nitrogens with zero attached hydrogens (tertiary/aromatic N) is 1. The number of ether oxygens (including phenoxy) is 1. The van der Waals surface area contributed by atoms with Gasteiger partial charge in [0.15, 0.2) is 0 Å². The Morgan fingerprint density at radius 1 is 1.44 bits per heavy atom. The maximum absolute atomic E-state index is 9.18. The molecule has 1 saturated heterocycles. The van der Waals surface area contributed by atoms with Gasteiger partial charge in [-0.2, -0.15) is 0 Å². The van der Waals surface area contributed by atoms with Crippen LogP contribution in [0.5, 0.6) is 0 Å². The molecule has 0 saturated carbocycles. The molecule has 96 valence electrons. The number of aliphatic hydroxyl groups excluding tert-OH is 1. The Hall–Kier alpha value is -0.160. The van der Waals surface area contributed by atoms with Gasteiger partial charge < -0.3 is 20.1 Å². The van der Waals surface area contributed by atoms with Gasteiger partial charge in [-0.05, 0) is 39.4 Å². The quantitative estimate of drug-likeness (QED) is 0.667. The van der Waals surface area contributed by atoms with Crippen LogP contribution in [-0.2, 0) is 4.74 Å². The molecular weight excluding hydrogens is 204 g/mol. The van der Waals surface area contributed by atoms with E-state index in [9.17, 15) is 5.11 Å². The molecule has 0 aromatic carbocycles. The van der Waals surface area contributed by atoms with Crippen molar-refractivity contribution in [3.8, 4) is 0 Å². The molecular formula is C12H26N2O2. The summed E-state index contributed by atoms with van der Waals surface area (Å²) in [6, 6.07) is 0.905. The largest absolute Gasteiger partial charge is 0.395 e. The third-order valence-electron chi connectivity index (χ3n) is 3.36. The minimum Gasteiger partial charge on any atom is -0.395 e. The molecule has 0 amide bonds. The predicted octanol–water partition coefficient (Wildman–Crippen LogP) is 0.458. The Morgan fingerprint density at radius 2 is 2.12 bits per heavy atom. The van der Waals surface area contributed by atoms with Gasteiger partial charge in [0, 0.05) is 25.3 Å². The average Bonchev–Trinajstić information content (AvgIpc) is 2.35. The molecule has 1 aliphatic heterocycles. The van der Waals surface area contributed by atoms with Gasteiger partial charge in [-0.25, -0.2) is 0 Å². The van der Waals surface area contributed by atoms with Crippen molar-refractivity contribution in [1.29, 1.82) is 0 Å². The highest BCUT2D eigenvalue weighted by Crippen LogP contribution is 2.13. The van der Waals surface area contributed by atoms with E-state index in [1.54, 1.807) is 0 Å². The Labute approximate surface area is 99.0 Å². The molecule has 1 atom stereocenters. The van der Waals surface area contributed by atoms with E-state index < -0.39 is 0 Å². The summed E-state index contributed by atoms with van der Waals surface area (Å²) in [7, 11) is 2.18. The molecule has 4 nitrogen and oxygen atoms in total. The molecule has 1 aliphatic rings. The third-order valence-corrected chi connectivity index (χ3v) is 3.36. The summed E-state index contributed by atoms with van der Waals surface area (Å²) in [4.78, 5) is 2.41. The van der Waals surface area contributed by atoms with Crippen LogP contribution in [0.3, 0.4) is 0 Å². The fraction of sp³-hybridized carbons (Fsp3) is 1.00. The van der Waals surface area contributed by atoms with E-state index in [0.717, 1.165) is 45.6 Å². The highest BCUT2D eigenvalue weighted by atomic mass is 16.5. The molecule has 0 aromatic rings. The van der Waals surface area contributed by atoms with Gasteiger partial charge >= 0.3 is 0 Å². The van der Waals surface area contributed by atoms with Crippen molar-refractivity contribution >= 4 is 0 Å². The third kappa shape index (κ3) is 4.78. The van der Waals surface area contributed by atoms with Gasteiger partial charge in [0.2, 0.25) is 0 Å². The lowest BCUT2D eigenvalue weighted by atomic mass is 10.1. The van der Waals surface area contributed by atoms with Crippen molar-refractivity contribution in [3.05, 3.63) is 0 Å². The second-order valence-electron chi connectivity index (χ2n) is 4.55. The van der Waals surface area contributed by atoms with Crippen LogP contribution in [0, 0.1) is 0 Å². The molecule has 4 heteroatoms. The number of rotatable bonds is 7. The van der Waals surface area contributed by atoms with Crippen LogP contribution in [0.4, 0.5) is 0 Å². The fourth-order valence-electron chi connectivity index (χ4n) is 2.21. The zero-order valence-electron chi connectivity index (χ0n) is 10.6. The van der Waals surface area contributed by atoms with Crippen molar-refractivity contribution < 1.29 is 9.84 Å². The average molecular weight is 230 g/mol. The Balaban J connectivity index is 2.19. The lowest BCUT2D eigenvalue weighted by molar-refractivity contribution is 0.0412. The van der Waals surface area contributed by atoms with E-state index in [1.807, 2.05) is 0 Å². The first-order chi connectivity index (χ1) is 7.77. The van der Waals surface area contributed by atoms with Gasteiger partial charge in [0.05, 0.1) is 6.61 Å². The van der Waals surface area contributed by atoms with Crippen molar-refractivity contribution in [1.82, 2.24) is 10.2 Å². The highest BCUT2D eigenvalue weighted by molar-refractivity contribution is 4.74. The summed E-state index contributed by atoms with van der Waals surface area (Å²) in [5.74, 6) is 0. The number of hydrogen-bond acceptors (Lipinski definition) is 4. The predicted molar refractivity (Wildman–Crippen MR) is 65.6 cm³/mol. The number of likely N-dealkylation sites (N-methyl/N-ethyl adjacent to an activating group) is 1. The van der Waals surface area contributed by atoms with Crippen molar-refractivity contribution in [2.45, 2.75) is 38.3 Å². The van der Waals surface area contributed by atoms with Gasteiger partial charge in [-0.3, -0.25) is 0 Å². The van der Waals surface area contributed by atoms with Crippen LogP contribution in [-0.4, -0.2) is 62.0 Å². The topological polar surface area (TPSA) is 44.7 Å². The second-order valence-corrected chi connectivity index (χ2v) is 4.55.